The third-order valence-corrected chi connectivity index (χ3v) is 4.85. The molecule has 0 bridgehead atoms. The Morgan fingerprint density at radius 2 is 2.06 bits per heavy atom. The maximum Gasteiger partial charge on any atom is 0.273 e. The molecule has 32 heavy (non-hydrogen) atoms. The van der Waals surface area contributed by atoms with Gasteiger partial charge in [-0.1, -0.05) is 6.07 Å². The Balaban J connectivity index is 1.44. The lowest BCUT2D eigenvalue weighted by atomic mass is 10.1. The highest BCUT2D eigenvalue weighted by molar-refractivity contribution is 5.95. The van der Waals surface area contributed by atoms with E-state index in [1.54, 1.807) is 31.2 Å². The van der Waals surface area contributed by atoms with E-state index in [2.05, 4.69) is 15.8 Å². The molecule has 10 nitrogen and oxygen atoms in total. The zero-order chi connectivity index (χ0) is 22.9. The number of ether oxygens (including phenoxy) is 2. The molecule has 0 aliphatic carbocycles. The van der Waals surface area contributed by atoms with Crippen molar-refractivity contribution in [3.63, 3.8) is 0 Å². The van der Waals surface area contributed by atoms with Crippen molar-refractivity contribution in [3.05, 3.63) is 69.3 Å². The van der Waals surface area contributed by atoms with Gasteiger partial charge in [0.15, 0.2) is 6.61 Å². The van der Waals surface area contributed by atoms with E-state index >= 15 is 0 Å². The van der Waals surface area contributed by atoms with E-state index in [-0.39, 0.29) is 29.9 Å². The van der Waals surface area contributed by atoms with Crippen LogP contribution in [0.2, 0.25) is 0 Å². The summed E-state index contributed by atoms with van der Waals surface area (Å²) in [5, 5.41) is 17.7. The second-order valence-electron chi connectivity index (χ2n) is 7.25. The molecule has 1 aliphatic rings. The van der Waals surface area contributed by atoms with E-state index < -0.39 is 10.8 Å². The summed E-state index contributed by atoms with van der Waals surface area (Å²) in [7, 11) is 0. The zero-order valence-corrected chi connectivity index (χ0v) is 17.6. The van der Waals surface area contributed by atoms with Crippen molar-refractivity contribution in [1.82, 2.24) is 10.7 Å². The maximum atomic E-state index is 12.1. The molecule has 0 aromatic heterocycles. The summed E-state index contributed by atoms with van der Waals surface area (Å²) in [4.78, 5) is 34.5. The molecule has 0 saturated carbocycles. The highest BCUT2D eigenvalue weighted by Crippen LogP contribution is 2.19. The quantitative estimate of drug-likeness (QED) is 0.349. The summed E-state index contributed by atoms with van der Waals surface area (Å²) < 4.78 is 10.9. The van der Waals surface area contributed by atoms with Crippen LogP contribution in [-0.4, -0.2) is 48.8 Å². The fourth-order valence-corrected chi connectivity index (χ4v) is 3.06. The number of benzene rings is 2. The fraction of sp³-hybridized carbons (Fsp3) is 0.318. The number of nitro benzene ring substituents is 1. The van der Waals surface area contributed by atoms with Crippen LogP contribution in [-0.2, 0) is 9.53 Å². The van der Waals surface area contributed by atoms with E-state index in [1.807, 2.05) is 0 Å². The first kappa shape index (κ1) is 22.9. The number of nitro groups is 1. The second kappa shape index (κ2) is 11.0. The molecular formula is C22H24N4O6. The van der Waals surface area contributed by atoms with Crippen LogP contribution in [0.5, 0.6) is 5.75 Å². The molecule has 1 heterocycles. The summed E-state index contributed by atoms with van der Waals surface area (Å²) in [5.41, 5.74) is 3.51. The van der Waals surface area contributed by atoms with Crippen LogP contribution in [0.3, 0.4) is 0 Å². The smallest absolute Gasteiger partial charge is 0.273 e. The van der Waals surface area contributed by atoms with Gasteiger partial charge in [-0.25, -0.2) is 5.43 Å². The van der Waals surface area contributed by atoms with Gasteiger partial charge in [-0.05, 0) is 55.7 Å². The number of nitrogens with one attached hydrogen (secondary N) is 2. The molecule has 1 atom stereocenters. The van der Waals surface area contributed by atoms with Crippen LogP contribution in [0.4, 0.5) is 5.69 Å². The van der Waals surface area contributed by atoms with E-state index in [9.17, 15) is 19.7 Å². The molecule has 168 valence electrons. The largest absolute Gasteiger partial charge is 0.484 e. The molecular weight excluding hydrogens is 416 g/mol. The van der Waals surface area contributed by atoms with Gasteiger partial charge in [-0.3, -0.25) is 19.7 Å². The summed E-state index contributed by atoms with van der Waals surface area (Å²) in [6, 6.07) is 11.0. The van der Waals surface area contributed by atoms with Gasteiger partial charge in [0, 0.05) is 30.3 Å². The highest BCUT2D eigenvalue weighted by Gasteiger charge is 2.16. The monoisotopic (exact) mass is 440 g/mol. The second-order valence-corrected chi connectivity index (χ2v) is 7.25. The van der Waals surface area contributed by atoms with E-state index in [4.69, 9.17) is 9.47 Å². The minimum Gasteiger partial charge on any atom is -0.484 e. The molecule has 2 aromatic rings. The van der Waals surface area contributed by atoms with Gasteiger partial charge >= 0.3 is 0 Å². The van der Waals surface area contributed by atoms with Gasteiger partial charge < -0.3 is 14.8 Å². The molecule has 0 spiro atoms. The minimum absolute atomic E-state index is 0.0825. The van der Waals surface area contributed by atoms with Gasteiger partial charge in [0.1, 0.15) is 5.75 Å². The number of aryl methyl sites for hydroxylation is 1. The molecule has 0 radical (unpaired) electrons. The molecule has 10 heteroatoms. The average Bonchev–Trinajstić information content (AvgIpc) is 3.31. The Morgan fingerprint density at radius 1 is 1.28 bits per heavy atom. The fourth-order valence-electron chi connectivity index (χ4n) is 3.06. The van der Waals surface area contributed by atoms with Crippen LogP contribution >= 0.6 is 0 Å². The topological polar surface area (TPSA) is 132 Å². The Labute approximate surface area is 184 Å². The molecule has 2 aromatic carbocycles. The Hall–Kier alpha value is -3.79. The Kier molecular flexibility index (Phi) is 7.87. The predicted molar refractivity (Wildman–Crippen MR) is 117 cm³/mol. The van der Waals surface area contributed by atoms with Gasteiger partial charge in [0.25, 0.3) is 17.5 Å². The normalized spacial score (nSPS) is 15.5. The third kappa shape index (κ3) is 6.61. The number of hydrogen-bond acceptors (Lipinski definition) is 7. The number of carbonyl (C=O) groups is 2. The molecule has 0 unspecified atom stereocenters. The molecule has 1 aliphatic heterocycles. The Morgan fingerprint density at radius 3 is 2.75 bits per heavy atom. The standard InChI is InChI=1S/C22H24N4O6/c1-15-4-7-17(11-20(15)26(29)30)22(28)25-24-12-16-5-8-18(9-6-16)32-14-21(27)23-13-19-3-2-10-31-19/h4-9,11-12,19H,2-3,10,13-14H2,1H3,(H,23,27)(H,25,28)/b24-12-/t19-/m0/s1. The van der Waals surface area contributed by atoms with Crippen molar-refractivity contribution < 1.29 is 24.0 Å². The van der Waals surface area contributed by atoms with Crippen LogP contribution in [0.1, 0.15) is 34.3 Å². The zero-order valence-electron chi connectivity index (χ0n) is 17.6. The van der Waals surface area contributed by atoms with Crippen molar-refractivity contribution >= 4 is 23.7 Å². The molecule has 3 rings (SSSR count). The van der Waals surface area contributed by atoms with E-state index in [0.29, 0.717) is 23.4 Å². The number of nitrogens with zero attached hydrogens (tertiary/aromatic N) is 2. The SMILES string of the molecule is Cc1ccc(C(=O)N/N=C\c2ccc(OCC(=O)NC[C@@H]3CCCO3)cc2)cc1[N+](=O)[O-]. The lowest BCUT2D eigenvalue weighted by molar-refractivity contribution is -0.385. The number of amides is 2. The predicted octanol–water partition coefficient (Wildman–Crippen LogP) is 2.34. The first-order valence-electron chi connectivity index (χ1n) is 10.1. The molecule has 1 saturated heterocycles. The van der Waals surface area contributed by atoms with Crippen molar-refractivity contribution in [2.45, 2.75) is 25.9 Å². The lowest BCUT2D eigenvalue weighted by Crippen LogP contribution is -2.35. The first-order chi connectivity index (χ1) is 15.4. The molecule has 1 fully saturated rings. The number of rotatable bonds is 9. The van der Waals surface area contributed by atoms with E-state index in [1.165, 1.54) is 24.4 Å². The van der Waals surface area contributed by atoms with Crippen molar-refractivity contribution in [2.75, 3.05) is 19.8 Å². The van der Waals surface area contributed by atoms with Crippen LogP contribution < -0.4 is 15.5 Å². The molecule has 2 amide bonds. The van der Waals surface area contributed by atoms with Gasteiger partial charge in [-0.2, -0.15) is 5.10 Å². The summed E-state index contributed by atoms with van der Waals surface area (Å²) in [5.74, 6) is -0.256. The maximum absolute atomic E-state index is 12.1. The molecule has 2 N–H and O–H groups in total. The summed E-state index contributed by atoms with van der Waals surface area (Å²) >= 11 is 0. The number of hydrazone groups is 1. The lowest BCUT2D eigenvalue weighted by Gasteiger charge is -2.11. The highest BCUT2D eigenvalue weighted by atomic mass is 16.6. The van der Waals surface area contributed by atoms with Crippen molar-refractivity contribution in [1.29, 1.82) is 0 Å². The third-order valence-electron chi connectivity index (χ3n) is 4.85. The van der Waals surface area contributed by atoms with Crippen molar-refractivity contribution in [3.8, 4) is 5.75 Å². The summed E-state index contributed by atoms with van der Waals surface area (Å²) in [6.45, 7) is 2.73. The first-order valence-corrected chi connectivity index (χ1v) is 10.1. The van der Waals surface area contributed by atoms with Crippen molar-refractivity contribution in [2.24, 2.45) is 5.10 Å². The van der Waals surface area contributed by atoms with Gasteiger partial charge in [0.2, 0.25) is 0 Å². The minimum atomic E-state index is -0.557. The van der Waals surface area contributed by atoms with Crippen LogP contribution in [0, 0.1) is 17.0 Å². The van der Waals surface area contributed by atoms with E-state index in [0.717, 1.165) is 19.4 Å². The summed E-state index contributed by atoms with van der Waals surface area (Å²) in [6.07, 6.45) is 3.48. The number of carbonyl (C=O) groups excluding carboxylic acids is 2. The van der Waals surface area contributed by atoms with Gasteiger partial charge in [0.05, 0.1) is 17.2 Å². The average molecular weight is 440 g/mol. The Bertz CT molecular complexity index is 1000. The van der Waals surface area contributed by atoms with Crippen LogP contribution in [0.25, 0.3) is 0 Å². The number of hydrogen-bond donors (Lipinski definition) is 2. The van der Waals surface area contributed by atoms with Crippen LogP contribution in [0.15, 0.2) is 47.6 Å². The van der Waals surface area contributed by atoms with Gasteiger partial charge in [-0.15, -0.1) is 0 Å².